The number of benzene rings is 2. The van der Waals surface area contributed by atoms with E-state index in [9.17, 15) is 27.6 Å². The van der Waals surface area contributed by atoms with E-state index in [1.54, 1.807) is 12.1 Å². The first-order valence-corrected chi connectivity index (χ1v) is 11.4. The summed E-state index contributed by atoms with van der Waals surface area (Å²) in [6.07, 6.45) is -6.42. The van der Waals surface area contributed by atoms with E-state index in [0.29, 0.717) is 15.6 Å². The lowest BCUT2D eigenvalue weighted by Crippen LogP contribution is -2.32. The molecule has 5 nitrogen and oxygen atoms in total. The SMILES string of the molecule is O=C(CC(F)(F)F)NCC(=O)c1cc(NC(=O)C2C(c3cc(Cl)cc(Cl)c3)C2(Cl)Cl)ccc1Cl. The van der Waals surface area contributed by atoms with E-state index >= 15 is 0 Å². The molecule has 0 saturated heterocycles. The van der Waals surface area contributed by atoms with E-state index in [0.717, 1.165) is 0 Å². The van der Waals surface area contributed by atoms with Gasteiger partial charge in [0.05, 0.1) is 17.5 Å². The zero-order valence-electron chi connectivity index (χ0n) is 16.8. The molecule has 1 saturated carbocycles. The van der Waals surface area contributed by atoms with Crippen molar-refractivity contribution in [2.75, 3.05) is 11.9 Å². The highest BCUT2D eigenvalue weighted by molar-refractivity contribution is 6.53. The van der Waals surface area contributed by atoms with Gasteiger partial charge in [-0.15, -0.1) is 23.2 Å². The second-order valence-corrected chi connectivity index (χ2v) is 10.2. The smallest absolute Gasteiger partial charge is 0.348 e. The van der Waals surface area contributed by atoms with Crippen LogP contribution in [0.3, 0.4) is 0 Å². The number of anilines is 1. The summed E-state index contributed by atoms with van der Waals surface area (Å²) in [5, 5.41) is 5.15. The Hall–Kier alpha value is -1.71. The predicted octanol–water partition coefficient (Wildman–Crippen LogP) is 6.42. The van der Waals surface area contributed by atoms with Gasteiger partial charge in [-0.2, -0.15) is 13.2 Å². The number of amides is 2. The predicted molar refractivity (Wildman–Crippen MR) is 125 cm³/mol. The summed E-state index contributed by atoms with van der Waals surface area (Å²) >= 11 is 30.7. The molecule has 13 heteroatoms. The van der Waals surface area contributed by atoms with Crippen LogP contribution in [0.25, 0.3) is 0 Å². The van der Waals surface area contributed by atoms with Crippen molar-refractivity contribution in [3.63, 3.8) is 0 Å². The standard InChI is InChI=1S/C21H14Cl5F3N2O3/c22-10-3-9(4-11(23)5-10)17-18(21(17,25)26)19(34)31-12-1-2-14(24)13(6-12)15(32)8-30-16(33)7-20(27,28)29/h1-6,17-18H,7-8H2,(H,30,33)(H,31,34). The van der Waals surface area contributed by atoms with Crippen molar-refractivity contribution in [2.24, 2.45) is 5.92 Å². The highest BCUT2D eigenvalue weighted by Crippen LogP contribution is 2.65. The third kappa shape index (κ3) is 6.49. The maximum absolute atomic E-state index is 12.8. The highest BCUT2D eigenvalue weighted by Gasteiger charge is 2.67. The minimum Gasteiger partial charge on any atom is -0.348 e. The summed E-state index contributed by atoms with van der Waals surface area (Å²) in [6.45, 7) is -0.710. The van der Waals surface area contributed by atoms with Gasteiger partial charge in [0, 0.05) is 27.2 Å². The van der Waals surface area contributed by atoms with Crippen LogP contribution in [0.15, 0.2) is 36.4 Å². The highest BCUT2D eigenvalue weighted by atomic mass is 35.5. The fourth-order valence-electron chi connectivity index (χ4n) is 3.38. The number of rotatable bonds is 7. The normalized spacial score (nSPS) is 18.8. The number of carbonyl (C=O) groups is 3. The van der Waals surface area contributed by atoms with Crippen LogP contribution in [0.4, 0.5) is 18.9 Å². The number of hydrogen-bond donors (Lipinski definition) is 2. The summed E-state index contributed by atoms with van der Waals surface area (Å²) in [6, 6.07) is 8.67. The lowest BCUT2D eigenvalue weighted by Gasteiger charge is -2.10. The van der Waals surface area contributed by atoms with Gasteiger partial charge in [-0.3, -0.25) is 14.4 Å². The van der Waals surface area contributed by atoms with Crippen LogP contribution in [-0.2, 0) is 9.59 Å². The molecule has 2 aromatic carbocycles. The third-order valence-corrected chi connectivity index (χ3v) is 6.63. The summed E-state index contributed by atoms with van der Waals surface area (Å²) < 4.78 is 35.3. The summed E-state index contributed by atoms with van der Waals surface area (Å²) in [7, 11) is 0. The van der Waals surface area contributed by atoms with Gasteiger partial charge in [0.25, 0.3) is 0 Å². The molecular weight excluding hydrogens is 563 g/mol. The number of Topliss-reactive ketones (excluding diaryl/α,β-unsaturated/α-hetero) is 1. The molecule has 1 aliphatic rings. The zero-order chi connectivity index (χ0) is 25.4. The van der Waals surface area contributed by atoms with Crippen molar-refractivity contribution in [1.29, 1.82) is 0 Å². The fourth-order valence-corrected chi connectivity index (χ4v) is 4.97. The lowest BCUT2D eigenvalue weighted by atomic mass is 10.1. The molecule has 2 aromatic rings. The summed E-state index contributed by atoms with van der Waals surface area (Å²) in [5.74, 6) is -4.11. The van der Waals surface area contributed by atoms with Crippen molar-refractivity contribution in [1.82, 2.24) is 5.32 Å². The quantitative estimate of drug-likeness (QED) is 0.295. The Morgan fingerprint density at radius 2 is 1.59 bits per heavy atom. The zero-order valence-corrected chi connectivity index (χ0v) is 20.6. The molecule has 3 rings (SSSR count). The largest absolute Gasteiger partial charge is 0.397 e. The minimum atomic E-state index is -4.70. The van der Waals surface area contributed by atoms with Crippen LogP contribution < -0.4 is 10.6 Å². The Bertz CT molecular complexity index is 1140. The molecule has 182 valence electrons. The molecule has 0 bridgehead atoms. The number of halogens is 8. The van der Waals surface area contributed by atoms with Crippen molar-refractivity contribution < 1.29 is 27.6 Å². The maximum Gasteiger partial charge on any atom is 0.397 e. The average molecular weight is 577 g/mol. The van der Waals surface area contributed by atoms with Crippen molar-refractivity contribution in [2.45, 2.75) is 22.8 Å². The van der Waals surface area contributed by atoms with E-state index < -0.39 is 52.9 Å². The number of nitrogens with one attached hydrogen (secondary N) is 2. The first-order valence-electron chi connectivity index (χ1n) is 9.50. The van der Waals surface area contributed by atoms with Gasteiger partial charge in [0.15, 0.2) is 5.78 Å². The van der Waals surface area contributed by atoms with Gasteiger partial charge in [0.2, 0.25) is 11.8 Å². The second kappa shape index (κ2) is 10.1. The summed E-state index contributed by atoms with van der Waals surface area (Å²) in [5.41, 5.74) is 0.631. The van der Waals surface area contributed by atoms with E-state index in [1.807, 2.05) is 5.32 Å². The Morgan fingerprint density at radius 3 is 2.18 bits per heavy atom. The molecule has 34 heavy (non-hydrogen) atoms. The Morgan fingerprint density at radius 1 is 0.971 bits per heavy atom. The first kappa shape index (κ1) is 26.9. The van der Waals surface area contributed by atoms with Crippen LogP contribution in [0.5, 0.6) is 0 Å². The molecule has 0 aromatic heterocycles. The average Bonchev–Trinajstić information content (AvgIpc) is 3.27. The van der Waals surface area contributed by atoms with Gasteiger partial charge < -0.3 is 10.6 Å². The number of ketones is 1. The Labute approximate surface area is 216 Å². The summed E-state index contributed by atoms with van der Waals surface area (Å²) in [4.78, 5) is 36.5. The molecule has 1 fully saturated rings. The number of alkyl halides is 5. The topological polar surface area (TPSA) is 75.3 Å². The van der Waals surface area contributed by atoms with Gasteiger partial charge in [-0.05, 0) is 42.0 Å². The molecule has 2 atom stereocenters. The third-order valence-electron chi connectivity index (χ3n) is 4.92. The van der Waals surface area contributed by atoms with E-state index in [2.05, 4.69) is 5.32 Å². The van der Waals surface area contributed by atoms with Crippen LogP contribution in [0.2, 0.25) is 15.1 Å². The molecule has 0 heterocycles. The van der Waals surface area contributed by atoms with Crippen LogP contribution in [0, 0.1) is 5.92 Å². The molecule has 0 spiro atoms. The van der Waals surface area contributed by atoms with Crippen LogP contribution in [-0.4, -0.2) is 34.7 Å². The van der Waals surface area contributed by atoms with E-state index in [1.165, 1.54) is 24.3 Å². The maximum atomic E-state index is 12.8. The molecule has 0 radical (unpaired) electrons. The van der Waals surface area contributed by atoms with Crippen molar-refractivity contribution >= 4 is 81.3 Å². The monoisotopic (exact) mass is 574 g/mol. The molecule has 2 N–H and O–H groups in total. The molecule has 2 amide bonds. The minimum absolute atomic E-state index is 0.0185. The van der Waals surface area contributed by atoms with Gasteiger partial charge >= 0.3 is 6.18 Å². The van der Waals surface area contributed by atoms with Crippen LogP contribution in [0.1, 0.15) is 28.3 Å². The van der Waals surface area contributed by atoms with E-state index in [-0.39, 0.29) is 16.3 Å². The number of hydrogen-bond acceptors (Lipinski definition) is 3. The van der Waals surface area contributed by atoms with Gasteiger partial charge in [-0.1, -0.05) is 34.8 Å². The molecule has 2 unspecified atom stereocenters. The van der Waals surface area contributed by atoms with E-state index in [4.69, 9.17) is 58.0 Å². The van der Waals surface area contributed by atoms with Gasteiger partial charge in [0.1, 0.15) is 10.8 Å². The first-order chi connectivity index (χ1) is 15.7. The van der Waals surface area contributed by atoms with Crippen molar-refractivity contribution in [3.8, 4) is 0 Å². The second-order valence-electron chi connectivity index (χ2n) is 7.51. The van der Waals surface area contributed by atoms with Crippen molar-refractivity contribution in [3.05, 3.63) is 62.6 Å². The number of carbonyl (C=O) groups excluding carboxylic acids is 3. The van der Waals surface area contributed by atoms with Crippen LogP contribution >= 0.6 is 58.0 Å². The van der Waals surface area contributed by atoms with Gasteiger partial charge in [-0.25, -0.2) is 0 Å². The lowest BCUT2D eigenvalue weighted by molar-refractivity contribution is -0.153. The fraction of sp³-hybridized carbons (Fsp3) is 0.286. The molecule has 1 aliphatic carbocycles. The molecular formula is C21H14Cl5F3N2O3. The molecule has 0 aliphatic heterocycles. The Kier molecular flexibility index (Phi) is 7.99. The Balaban J connectivity index is 1.69.